The Morgan fingerprint density at radius 1 is 0.897 bits per heavy atom. The van der Waals surface area contributed by atoms with E-state index in [1.807, 2.05) is 30.3 Å². The summed E-state index contributed by atoms with van der Waals surface area (Å²) < 4.78 is 44.4. The molecule has 0 spiro atoms. The zero-order valence-electron chi connectivity index (χ0n) is 15.4. The van der Waals surface area contributed by atoms with Crippen LogP contribution in [0.5, 0.6) is 5.75 Å². The summed E-state index contributed by atoms with van der Waals surface area (Å²) in [7, 11) is 0. The minimum absolute atomic E-state index is 0.411. The molecule has 1 atom stereocenters. The van der Waals surface area contributed by atoms with Crippen LogP contribution < -0.4 is 4.74 Å². The van der Waals surface area contributed by atoms with Crippen molar-refractivity contribution in [1.29, 1.82) is 0 Å². The van der Waals surface area contributed by atoms with E-state index < -0.39 is 23.9 Å². The van der Waals surface area contributed by atoms with Gasteiger partial charge >= 0.3 is 12.3 Å². The largest absolute Gasteiger partial charge is 0.416 e. The first kappa shape index (κ1) is 19.1. The van der Waals surface area contributed by atoms with Gasteiger partial charge in [-0.1, -0.05) is 54.6 Å². The molecule has 0 N–H and O–H groups in total. The quantitative estimate of drug-likeness (QED) is 0.543. The first-order chi connectivity index (χ1) is 13.9. The number of halogens is 3. The van der Waals surface area contributed by atoms with Crippen LogP contribution in [0.25, 0.3) is 0 Å². The van der Waals surface area contributed by atoms with Crippen LogP contribution >= 0.6 is 0 Å². The van der Waals surface area contributed by atoms with Gasteiger partial charge in [0.15, 0.2) is 0 Å². The molecule has 1 amide bonds. The number of ether oxygens (including phenoxy) is 1. The van der Waals surface area contributed by atoms with Gasteiger partial charge in [-0.25, -0.2) is 4.79 Å². The Morgan fingerprint density at radius 3 is 2.24 bits per heavy atom. The lowest BCUT2D eigenvalue weighted by Crippen LogP contribution is -2.42. The molecule has 0 fully saturated rings. The highest BCUT2D eigenvalue weighted by atomic mass is 19.4. The summed E-state index contributed by atoms with van der Waals surface area (Å²) in [6.45, 7) is 0.411. The maximum Gasteiger partial charge on any atom is 0.416 e. The minimum Gasteiger partial charge on any atom is -0.410 e. The molecule has 148 valence electrons. The summed E-state index contributed by atoms with van der Waals surface area (Å²) in [5.74, 6) is 0.419. The Bertz CT molecular complexity index is 1000. The van der Waals surface area contributed by atoms with Crippen molar-refractivity contribution < 1.29 is 22.7 Å². The smallest absolute Gasteiger partial charge is 0.410 e. The average molecular weight is 397 g/mol. The fourth-order valence-electron chi connectivity index (χ4n) is 3.63. The van der Waals surface area contributed by atoms with E-state index in [0.29, 0.717) is 24.3 Å². The fraction of sp³-hybridized carbons (Fsp3) is 0.174. The number of hydrogen-bond acceptors (Lipinski definition) is 2. The molecule has 0 bridgehead atoms. The molecule has 1 aliphatic rings. The summed E-state index contributed by atoms with van der Waals surface area (Å²) in [6, 6.07) is 20.8. The Labute approximate surface area is 166 Å². The van der Waals surface area contributed by atoms with Crippen molar-refractivity contribution in [2.75, 3.05) is 6.54 Å². The minimum atomic E-state index is -4.41. The maximum atomic E-state index is 13.0. The summed E-state index contributed by atoms with van der Waals surface area (Å²) in [5.41, 5.74) is 1.85. The number of rotatable bonds is 2. The van der Waals surface area contributed by atoms with Crippen molar-refractivity contribution in [1.82, 2.24) is 4.90 Å². The summed E-state index contributed by atoms with van der Waals surface area (Å²) in [5, 5.41) is 0. The third kappa shape index (κ3) is 3.97. The molecule has 29 heavy (non-hydrogen) atoms. The van der Waals surface area contributed by atoms with Crippen molar-refractivity contribution in [3.8, 4) is 5.75 Å². The third-order valence-corrected chi connectivity index (χ3v) is 5.02. The molecule has 3 aromatic carbocycles. The monoisotopic (exact) mass is 397 g/mol. The fourth-order valence-corrected chi connectivity index (χ4v) is 3.63. The highest BCUT2D eigenvalue weighted by Gasteiger charge is 2.35. The van der Waals surface area contributed by atoms with Crippen LogP contribution in [0.15, 0.2) is 78.9 Å². The normalized spacial score (nSPS) is 16.2. The van der Waals surface area contributed by atoms with Gasteiger partial charge in [-0.2, -0.15) is 13.2 Å². The van der Waals surface area contributed by atoms with E-state index in [2.05, 4.69) is 0 Å². The van der Waals surface area contributed by atoms with E-state index in [9.17, 15) is 18.0 Å². The number of carbonyl (C=O) groups excluding carboxylic acids is 1. The van der Waals surface area contributed by atoms with E-state index in [4.69, 9.17) is 4.74 Å². The summed E-state index contributed by atoms with van der Waals surface area (Å²) >= 11 is 0. The van der Waals surface area contributed by atoms with Crippen molar-refractivity contribution in [2.24, 2.45) is 0 Å². The number of carbonyl (C=O) groups is 1. The van der Waals surface area contributed by atoms with Gasteiger partial charge in [-0.15, -0.1) is 0 Å². The van der Waals surface area contributed by atoms with E-state index in [0.717, 1.165) is 23.3 Å². The van der Waals surface area contributed by atoms with Gasteiger partial charge < -0.3 is 4.74 Å². The second kappa shape index (κ2) is 7.62. The molecule has 0 saturated heterocycles. The molecular formula is C23H18F3NO2. The zero-order chi connectivity index (χ0) is 20.4. The summed E-state index contributed by atoms with van der Waals surface area (Å²) in [6.07, 6.45) is -4.29. The Kier molecular flexibility index (Phi) is 5.01. The molecule has 0 radical (unpaired) electrons. The van der Waals surface area contributed by atoms with Gasteiger partial charge in [0.1, 0.15) is 5.75 Å². The highest BCUT2D eigenvalue weighted by molar-refractivity contribution is 5.72. The van der Waals surface area contributed by atoms with E-state index in [-0.39, 0.29) is 0 Å². The summed E-state index contributed by atoms with van der Waals surface area (Å²) in [4.78, 5) is 14.5. The SMILES string of the molecule is O=C(Oc1ccccc1)N1CCc2ccccc2C1c1ccc(C(F)(F)F)cc1. The Hall–Kier alpha value is -3.28. The van der Waals surface area contributed by atoms with Crippen LogP contribution in [0.4, 0.5) is 18.0 Å². The number of hydrogen-bond donors (Lipinski definition) is 0. The van der Waals surface area contributed by atoms with Crippen molar-refractivity contribution in [3.63, 3.8) is 0 Å². The number of nitrogens with zero attached hydrogens (tertiary/aromatic N) is 1. The van der Waals surface area contributed by atoms with Crippen LogP contribution in [-0.2, 0) is 12.6 Å². The lowest BCUT2D eigenvalue weighted by Gasteiger charge is -2.37. The second-order valence-corrected chi connectivity index (χ2v) is 6.85. The molecule has 3 aromatic rings. The van der Waals surface area contributed by atoms with Crippen molar-refractivity contribution in [3.05, 3.63) is 101 Å². The van der Waals surface area contributed by atoms with E-state index in [1.54, 1.807) is 29.2 Å². The van der Waals surface area contributed by atoms with Crippen LogP contribution in [0.1, 0.15) is 28.3 Å². The van der Waals surface area contributed by atoms with Crippen molar-refractivity contribution >= 4 is 6.09 Å². The second-order valence-electron chi connectivity index (χ2n) is 6.85. The molecule has 3 nitrogen and oxygen atoms in total. The standard InChI is InChI=1S/C23H18F3NO2/c24-23(25,26)18-12-10-17(11-13-18)21-20-9-5-4-6-16(20)14-15-27(21)22(28)29-19-7-2-1-3-8-19/h1-13,21H,14-15H2. The number of amides is 1. The topological polar surface area (TPSA) is 29.5 Å². The lowest BCUT2D eigenvalue weighted by atomic mass is 9.88. The number of para-hydroxylation sites is 1. The molecule has 0 aliphatic carbocycles. The third-order valence-electron chi connectivity index (χ3n) is 5.02. The Morgan fingerprint density at radius 2 is 1.55 bits per heavy atom. The molecule has 4 rings (SSSR count). The molecule has 0 aromatic heterocycles. The van der Waals surface area contributed by atoms with Crippen LogP contribution in [0.2, 0.25) is 0 Å². The molecule has 1 aliphatic heterocycles. The van der Waals surface area contributed by atoms with Gasteiger partial charge in [0, 0.05) is 6.54 Å². The lowest BCUT2D eigenvalue weighted by molar-refractivity contribution is -0.137. The van der Waals surface area contributed by atoms with Gasteiger partial charge in [0.05, 0.1) is 11.6 Å². The van der Waals surface area contributed by atoms with Crippen LogP contribution in [-0.4, -0.2) is 17.5 Å². The number of benzene rings is 3. The molecule has 1 heterocycles. The highest BCUT2D eigenvalue weighted by Crippen LogP contribution is 2.37. The molecule has 6 heteroatoms. The van der Waals surface area contributed by atoms with Gasteiger partial charge in [-0.05, 0) is 47.4 Å². The van der Waals surface area contributed by atoms with E-state index >= 15 is 0 Å². The molecule has 1 unspecified atom stereocenters. The average Bonchev–Trinajstić information content (AvgIpc) is 2.73. The van der Waals surface area contributed by atoms with Gasteiger partial charge in [0.25, 0.3) is 0 Å². The van der Waals surface area contributed by atoms with Gasteiger partial charge in [0.2, 0.25) is 0 Å². The number of alkyl halides is 3. The van der Waals surface area contributed by atoms with Crippen LogP contribution in [0, 0.1) is 0 Å². The Balaban J connectivity index is 1.70. The first-order valence-corrected chi connectivity index (χ1v) is 9.22. The predicted octanol–water partition coefficient (Wildman–Crippen LogP) is 5.85. The zero-order valence-corrected chi connectivity index (χ0v) is 15.4. The van der Waals surface area contributed by atoms with E-state index in [1.165, 1.54) is 12.1 Å². The van der Waals surface area contributed by atoms with Crippen LogP contribution in [0.3, 0.4) is 0 Å². The van der Waals surface area contributed by atoms with Crippen molar-refractivity contribution in [2.45, 2.75) is 18.6 Å². The molecule has 0 saturated carbocycles. The maximum absolute atomic E-state index is 13.0. The van der Waals surface area contributed by atoms with Gasteiger partial charge in [-0.3, -0.25) is 4.90 Å². The first-order valence-electron chi connectivity index (χ1n) is 9.22. The molecular weight excluding hydrogens is 379 g/mol. The number of fused-ring (bicyclic) bond motifs is 1. The predicted molar refractivity (Wildman–Crippen MR) is 103 cm³/mol.